The Kier molecular flexibility index (Phi) is 12.9. The lowest BCUT2D eigenvalue weighted by atomic mass is 9.32. The van der Waals surface area contributed by atoms with Gasteiger partial charge in [-0.25, -0.2) is 0 Å². The van der Waals surface area contributed by atoms with E-state index in [4.69, 9.17) is 36.6 Å². The van der Waals surface area contributed by atoms with Crippen LogP contribution < -0.4 is 0 Å². The molecule has 0 saturated carbocycles. The molecule has 0 spiro atoms. The molecule has 2 aromatic carbocycles. The molecule has 0 aromatic heterocycles. The first-order valence-corrected chi connectivity index (χ1v) is 10.2. The summed E-state index contributed by atoms with van der Waals surface area (Å²) in [5.74, 6) is 1.49. The molecule has 0 unspecified atom stereocenters. The van der Waals surface area contributed by atoms with Gasteiger partial charge in [0.2, 0.25) is 0 Å². The van der Waals surface area contributed by atoms with Crippen LogP contribution in [0.3, 0.4) is 0 Å². The summed E-state index contributed by atoms with van der Waals surface area (Å²) in [6, 6.07) is 18.6. The summed E-state index contributed by atoms with van der Waals surface area (Å²) < 4.78 is 0. The number of aryl methyl sites for hydroxylation is 1. The molecule has 0 saturated heterocycles. The molecule has 29 heavy (non-hydrogen) atoms. The van der Waals surface area contributed by atoms with E-state index < -0.39 is 0 Å². The van der Waals surface area contributed by atoms with Crippen molar-refractivity contribution in [2.24, 2.45) is 0 Å². The number of benzene rings is 2. The van der Waals surface area contributed by atoms with Crippen LogP contribution in [0.4, 0.5) is 0 Å². The minimum Gasteiger partial charge on any atom is -0.192 e. The van der Waals surface area contributed by atoms with Crippen molar-refractivity contribution in [1.29, 1.82) is 5.26 Å². The first kappa shape index (κ1) is 25.0. The van der Waals surface area contributed by atoms with Crippen LogP contribution in [-0.4, -0.2) is 38.1 Å². The molecule has 0 atom stereocenters. The van der Waals surface area contributed by atoms with Crippen molar-refractivity contribution in [2.75, 3.05) is 0 Å². The van der Waals surface area contributed by atoms with Crippen LogP contribution in [0.2, 0.25) is 18.8 Å². The quantitative estimate of drug-likeness (QED) is 0.456. The van der Waals surface area contributed by atoms with Crippen LogP contribution in [0.5, 0.6) is 0 Å². The smallest absolute Gasteiger partial charge is 0.151 e. The molecule has 0 heterocycles. The monoisotopic (exact) mass is 371 g/mol. The van der Waals surface area contributed by atoms with Gasteiger partial charge in [-0.1, -0.05) is 62.5 Å². The summed E-state index contributed by atoms with van der Waals surface area (Å²) in [7, 11) is 21.5. The van der Waals surface area contributed by atoms with E-state index in [2.05, 4.69) is 37.3 Å². The highest BCUT2D eigenvalue weighted by atomic mass is 14.2. The summed E-state index contributed by atoms with van der Waals surface area (Å²) in [5, 5.41) is 8.79. The van der Waals surface area contributed by atoms with E-state index >= 15 is 0 Å². The van der Waals surface area contributed by atoms with Gasteiger partial charge in [0.1, 0.15) is 7.85 Å². The number of rotatable bonds is 9. The average molecular weight is 371 g/mol. The number of nitrogens with zero attached hydrogens (tertiary/aromatic N) is 1. The predicted molar refractivity (Wildman–Crippen MR) is 131 cm³/mol. The van der Waals surface area contributed by atoms with Crippen LogP contribution in [0, 0.1) is 11.3 Å². The van der Waals surface area contributed by atoms with E-state index in [1.165, 1.54) is 48.3 Å². The first-order valence-electron chi connectivity index (χ1n) is 10.2. The van der Waals surface area contributed by atoms with Gasteiger partial charge >= 0.3 is 0 Å². The van der Waals surface area contributed by atoms with E-state index in [1.54, 1.807) is 0 Å². The third kappa shape index (κ3) is 8.91. The van der Waals surface area contributed by atoms with Crippen LogP contribution in [0.15, 0.2) is 60.0 Å². The van der Waals surface area contributed by atoms with Crippen molar-refractivity contribution in [3.8, 4) is 17.2 Å². The highest BCUT2D eigenvalue weighted by Gasteiger charge is 2.09. The maximum Gasteiger partial charge on any atom is 0.151 e. The highest BCUT2D eigenvalue weighted by molar-refractivity contribution is 6.77. The van der Waals surface area contributed by atoms with Gasteiger partial charge in [0.25, 0.3) is 0 Å². The van der Waals surface area contributed by atoms with Crippen molar-refractivity contribution in [1.82, 2.24) is 0 Å². The third-order valence-electron chi connectivity index (χ3n) is 4.91. The van der Waals surface area contributed by atoms with Crippen LogP contribution in [0.1, 0.15) is 37.3 Å². The lowest BCUT2D eigenvalue weighted by molar-refractivity contribution is 0.717. The zero-order valence-corrected chi connectivity index (χ0v) is 17.5. The van der Waals surface area contributed by atoms with E-state index in [1.807, 2.05) is 24.3 Å². The van der Waals surface area contributed by atoms with E-state index in [0.29, 0.717) is 24.3 Å². The zero-order valence-electron chi connectivity index (χ0n) is 17.5. The average Bonchev–Trinajstić information content (AvgIpc) is 2.78. The Morgan fingerprint density at radius 2 is 1.48 bits per heavy atom. The van der Waals surface area contributed by atoms with E-state index in [-0.39, 0.29) is 6.71 Å². The van der Waals surface area contributed by atoms with Crippen LogP contribution in [-0.2, 0) is 6.42 Å². The normalized spacial score (nSPS) is 10.6. The SMILES string of the molecule is CCCCCc1ccc(-c2ccc(C#N)cc2)cc1.[B]/C=C(\C[B])B(C[B])C[B]. The van der Waals surface area contributed by atoms with Crippen LogP contribution in [0.25, 0.3) is 11.1 Å². The zero-order chi connectivity index (χ0) is 21.5. The molecular formula is C23H26B5N. The molecule has 1 nitrogen and oxygen atoms in total. The fourth-order valence-corrected chi connectivity index (χ4v) is 2.95. The molecule has 138 valence electrons. The molecular weight excluding hydrogens is 344 g/mol. The Morgan fingerprint density at radius 1 is 0.931 bits per heavy atom. The van der Waals surface area contributed by atoms with Crippen molar-refractivity contribution < 1.29 is 0 Å². The van der Waals surface area contributed by atoms with Gasteiger partial charge in [-0.15, -0.1) is 23.9 Å². The summed E-state index contributed by atoms with van der Waals surface area (Å²) in [6.07, 6.45) is 6.47. The van der Waals surface area contributed by atoms with Gasteiger partial charge in [-0.2, -0.15) is 5.26 Å². The fraction of sp³-hybridized carbons (Fsp3) is 0.348. The molecule has 0 aliphatic carbocycles. The number of hydrogen-bond acceptors (Lipinski definition) is 1. The van der Waals surface area contributed by atoms with Gasteiger partial charge in [0.15, 0.2) is 6.71 Å². The van der Waals surface area contributed by atoms with Crippen molar-refractivity contribution in [2.45, 2.75) is 51.4 Å². The molecule has 0 amide bonds. The van der Waals surface area contributed by atoms with Gasteiger partial charge in [0, 0.05) is 0 Å². The van der Waals surface area contributed by atoms with E-state index in [9.17, 15) is 0 Å². The van der Waals surface area contributed by atoms with Crippen molar-refractivity contribution in [3.63, 3.8) is 0 Å². The first-order chi connectivity index (χ1) is 14.1. The molecule has 0 N–H and O–H groups in total. The third-order valence-corrected chi connectivity index (χ3v) is 4.91. The van der Waals surface area contributed by atoms with Gasteiger partial charge in [-0.05, 0) is 41.7 Å². The lowest BCUT2D eigenvalue weighted by Gasteiger charge is -2.11. The second-order valence-corrected chi connectivity index (χ2v) is 6.96. The number of allylic oxidation sites excluding steroid dienone is 1. The molecule has 2 aromatic rings. The van der Waals surface area contributed by atoms with Gasteiger partial charge in [0.05, 0.1) is 35.2 Å². The number of unbranched alkanes of at least 4 members (excludes halogenated alkanes) is 2. The molecule has 2 rings (SSSR count). The highest BCUT2D eigenvalue weighted by Crippen LogP contribution is 2.21. The fourth-order valence-electron chi connectivity index (χ4n) is 2.95. The second kappa shape index (κ2) is 14.9. The summed E-state index contributed by atoms with van der Waals surface area (Å²) >= 11 is 0. The number of nitriles is 1. The van der Waals surface area contributed by atoms with E-state index in [0.717, 1.165) is 5.47 Å². The Bertz CT molecular complexity index is 759. The van der Waals surface area contributed by atoms with Gasteiger partial charge < -0.3 is 0 Å². The standard InChI is InChI=1S/C18H19N.C5H7B5/c1-2-3-4-5-15-6-10-17(11-7-15)18-12-8-16(14-19)9-13-18;6-1-5(2-7)10(3-8)4-9/h6-13H,2-5H2,1H3;1H,2-4H2/b;5-1+. The molecule has 6 heteroatoms. The Balaban J connectivity index is 0.000000359. The maximum atomic E-state index is 8.79. The topological polar surface area (TPSA) is 23.8 Å². The largest absolute Gasteiger partial charge is 0.192 e. The number of hydrogen-bond donors (Lipinski definition) is 0. The summed E-state index contributed by atoms with van der Waals surface area (Å²) in [6.45, 7) is 2.38. The van der Waals surface area contributed by atoms with Crippen LogP contribution >= 0.6 is 0 Å². The molecule has 0 aliphatic rings. The lowest BCUT2D eigenvalue weighted by Crippen LogP contribution is -2.16. The summed E-state index contributed by atoms with van der Waals surface area (Å²) in [5.41, 5.74) is 5.43. The maximum absolute atomic E-state index is 8.79. The van der Waals surface area contributed by atoms with Crippen molar-refractivity contribution >= 4 is 38.1 Å². The predicted octanol–water partition coefficient (Wildman–Crippen LogP) is 4.87. The van der Waals surface area contributed by atoms with Gasteiger partial charge in [-0.3, -0.25) is 0 Å². The van der Waals surface area contributed by atoms with Crippen molar-refractivity contribution in [3.05, 3.63) is 71.1 Å². The Labute approximate surface area is 183 Å². The molecule has 0 aliphatic heterocycles. The molecule has 0 bridgehead atoms. The molecule has 8 radical (unpaired) electrons. The Morgan fingerprint density at radius 3 is 1.86 bits per heavy atom. The summed E-state index contributed by atoms with van der Waals surface area (Å²) in [4.78, 5) is 0. The minimum atomic E-state index is 0.148. The Hall–Kier alpha value is -2.01. The molecule has 0 fully saturated rings. The minimum absolute atomic E-state index is 0.148. The second-order valence-electron chi connectivity index (χ2n) is 6.96.